The number of nitrogens with zero attached hydrogens (tertiary/aromatic N) is 1. The lowest BCUT2D eigenvalue weighted by Crippen LogP contribution is -2.51. The van der Waals surface area contributed by atoms with E-state index in [2.05, 4.69) is 21.2 Å². The number of allylic oxidation sites excluding steroid dienone is 2. The van der Waals surface area contributed by atoms with Gasteiger partial charge in [0.15, 0.2) is 0 Å². The highest BCUT2D eigenvalue weighted by molar-refractivity contribution is 9.10. The first-order valence-electron chi connectivity index (χ1n) is 12.7. The van der Waals surface area contributed by atoms with E-state index in [1.165, 1.54) is 24.3 Å². The molecule has 41 heavy (non-hydrogen) atoms. The third-order valence-electron chi connectivity index (χ3n) is 6.59. The highest BCUT2D eigenvalue weighted by Gasteiger charge is 2.50. The number of nitrogens with one attached hydrogen (secondary N) is 1. The summed E-state index contributed by atoms with van der Waals surface area (Å²) in [4.78, 5) is 14.0. The molecule has 4 rings (SSSR count). The largest absolute Gasteiger partial charge is 0.493 e. The van der Waals surface area contributed by atoms with Crippen LogP contribution in [0.15, 0.2) is 106 Å². The Bertz CT molecular complexity index is 1570. The number of carbonyl (C=O) groups excluding carboxylic acids is 1. The summed E-state index contributed by atoms with van der Waals surface area (Å²) in [6, 6.07) is 17.8. The summed E-state index contributed by atoms with van der Waals surface area (Å²) in [6.45, 7) is 0.746. The number of benzene rings is 3. The molecule has 1 aliphatic carbocycles. The summed E-state index contributed by atoms with van der Waals surface area (Å²) in [5, 5.41) is 0.203. The monoisotopic (exact) mass is 664 g/mol. The number of hydrogen-bond acceptors (Lipinski definition) is 5. The number of sulfone groups is 1. The smallest absolute Gasteiger partial charge is 0.254 e. The summed E-state index contributed by atoms with van der Waals surface area (Å²) in [5.74, 6) is -0.374. The Kier molecular flexibility index (Phi) is 10.0. The van der Waals surface area contributed by atoms with Crippen LogP contribution in [0.4, 0.5) is 8.78 Å². The zero-order valence-electron chi connectivity index (χ0n) is 22.1. The molecule has 6 nitrogen and oxygen atoms in total. The normalized spacial score (nSPS) is 18.6. The predicted molar refractivity (Wildman–Crippen MR) is 159 cm³/mol. The molecule has 11 heteroatoms. The molecule has 3 aromatic rings. The van der Waals surface area contributed by atoms with Gasteiger partial charge in [-0.2, -0.15) is 0 Å². The first-order chi connectivity index (χ1) is 19.5. The number of rotatable bonds is 11. The Labute approximate surface area is 251 Å². The van der Waals surface area contributed by atoms with Crippen molar-refractivity contribution >= 4 is 43.3 Å². The molecule has 1 N–H and O–H groups in total. The summed E-state index contributed by atoms with van der Waals surface area (Å²) in [6.07, 6.45) is 2.98. The van der Waals surface area contributed by atoms with Gasteiger partial charge in [0.25, 0.3) is 10.9 Å². The van der Waals surface area contributed by atoms with Crippen LogP contribution in [0.2, 0.25) is 5.02 Å². The third kappa shape index (κ3) is 7.06. The molecule has 0 saturated carbocycles. The lowest BCUT2D eigenvalue weighted by molar-refractivity contribution is 0.0787. The summed E-state index contributed by atoms with van der Waals surface area (Å²) < 4.78 is 63.7. The fourth-order valence-electron chi connectivity index (χ4n) is 4.31. The van der Waals surface area contributed by atoms with Gasteiger partial charge in [0, 0.05) is 35.2 Å². The second-order valence-electron chi connectivity index (χ2n) is 9.41. The van der Waals surface area contributed by atoms with Crippen molar-refractivity contribution in [3.63, 3.8) is 0 Å². The third-order valence-corrected chi connectivity index (χ3v) is 9.64. The van der Waals surface area contributed by atoms with Gasteiger partial charge in [-0.05, 0) is 83.0 Å². The van der Waals surface area contributed by atoms with Gasteiger partial charge in [-0.15, -0.1) is 0 Å². The topological polar surface area (TPSA) is 75.7 Å². The maximum atomic E-state index is 16.3. The van der Waals surface area contributed by atoms with Crippen molar-refractivity contribution in [1.82, 2.24) is 10.2 Å². The van der Waals surface area contributed by atoms with Crippen LogP contribution in [0.3, 0.4) is 0 Å². The van der Waals surface area contributed by atoms with E-state index < -0.39 is 26.7 Å². The van der Waals surface area contributed by atoms with Crippen LogP contribution in [-0.2, 0) is 16.4 Å². The van der Waals surface area contributed by atoms with E-state index >= 15 is 4.39 Å². The van der Waals surface area contributed by atoms with Gasteiger partial charge in [-0.1, -0.05) is 41.9 Å². The minimum atomic E-state index is -4.57. The molecule has 2 atom stereocenters. The van der Waals surface area contributed by atoms with Crippen molar-refractivity contribution in [2.75, 3.05) is 20.2 Å². The van der Waals surface area contributed by atoms with Crippen molar-refractivity contribution < 1.29 is 26.7 Å². The molecule has 1 aliphatic rings. The zero-order chi connectivity index (χ0) is 29.6. The molecule has 0 radical (unpaired) electrons. The fourth-order valence-corrected chi connectivity index (χ4v) is 6.48. The molecule has 216 valence electrons. The Morgan fingerprint density at radius 2 is 1.78 bits per heavy atom. The predicted octanol–water partition coefficient (Wildman–Crippen LogP) is 6.66. The van der Waals surface area contributed by atoms with Crippen LogP contribution < -0.4 is 10.1 Å². The minimum absolute atomic E-state index is 0.000685. The lowest BCUT2D eigenvalue weighted by atomic mass is 10.0. The van der Waals surface area contributed by atoms with Crippen LogP contribution in [0.5, 0.6) is 5.75 Å². The first-order valence-corrected chi connectivity index (χ1v) is 15.4. The molecule has 0 bridgehead atoms. The van der Waals surface area contributed by atoms with E-state index in [0.29, 0.717) is 41.5 Å². The quantitative estimate of drug-likeness (QED) is 0.232. The van der Waals surface area contributed by atoms with Gasteiger partial charge in [0.05, 0.1) is 23.1 Å². The van der Waals surface area contributed by atoms with Gasteiger partial charge in [0.2, 0.25) is 9.84 Å². The summed E-state index contributed by atoms with van der Waals surface area (Å²) in [7, 11) is -2.86. The highest BCUT2D eigenvalue weighted by atomic mass is 79.9. The van der Waals surface area contributed by atoms with Crippen molar-refractivity contribution in [1.29, 1.82) is 0 Å². The van der Waals surface area contributed by atoms with Crippen LogP contribution in [0.25, 0.3) is 0 Å². The minimum Gasteiger partial charge on any atom is -0.493 e. The number of halogens is 4. The number of amides is 1. The zero-order valence-corrected chi connectivity index (χ0v) is 25.2. The van der Waals surface area contributed by atoms with Gasteiger partial charge in [0.1, 0.15) is 11.6 Å². The van der Waals surface area contributed by atoms with Gasteiger partial charge < -0.3 is 15.0 Å². The maximum Gasteiger partial charge on any atom is 0.254 e. The van der Waals surface area contributed by atoms with E-state index in [9.17, 15) is 17.6 Å². The SMILES string of the molecule is CN(CCCOc1ccccc1CNC1C=C(F)C=CC1(F)S(=O)(=O)c1ccc(Cl)cc1)C(=O)c1ccccc1Br. The highest BCUT2D eigenvalue weighted by Crippen LogP contribution is 2.37. The van der Waals surface area contributed by atoms with E-state index in [0.717, 1.165) is 22.7 Å². The molecule has 2 unspecified atom stereocenters. The van der Waals surface area contributed by atoms with Crippen molar-refractivity contribution in [3.05, 3.63) is 117 Å². The molecule has 0 spiro atoms. The summed E-state index contributed by atoms with van der Waals surface area (Å²) >= 11 is 9.26. The second-order valence-corrected chi connectivity index (χ2v) is 12.8. The van der Waals surface area contributed by atoms with Crippen LogP contribution in [0.1, 0.15) is 22.3 Å². The van der Waals surface area contributed by atoms with Crippen molar-refractivity contribution in [2.24, 2.45) is 0 Å². The van der Waals surface area contributed by atoms with Gasteiger partial charge in [-0.3, -0.25) is 4.79 Å². The fraction of sp³-hybridized carbons (Fsp3) is 0.233. The first kappa shape index (κ1) is 30.9. The average molecular weight is 666 g/mol. The van der Waals surface area contributed by atoms with E-state index in [-0.39, 0.29) is 17.3 Å². The van der Waals surface area contributed by atoms with Gasteiger partial charge in [-0.25, -0.2) is 17.2 Å². The number of para-hydroxylation sites is 1. The standard InChI is InChI=1S/C30H28BrClF2N2O4S/c1-36(29(37)25-8-3-4-9-26(25)31)17-6-18-40-27-10-5-2-7-21(27)20-35-28-19-23(33)15-16-30(28,34)41(38,39)24-13-11-22(32)12-14-24/h2-5,7-16,19,28,35H,6,17-18,20H2,1H3. The lowest BCUT2D eigenvalue weighted by Gasteiger charge is -2.32. The number of hydrogen-bond donors (Lipinski definition) is 1. The molecule has 0 fully saturated rings. The number of carbonyl (C=O) groups is 1. The molecular formula is C30H28BrClF2N2O4S. The van der Waals surface area contributed by atoms with Crippen LogP contribution in [0, 0.1) is 0 Å². The Morgan fingerprint density at radius 1 is 1.10 bits per heavy atom. The Hall–Kier alpha value is -3.05. The van der Waals surface area contributed by atoms with Crippen LogP contribution >= 0.6 is 27.5 Å². The van der Waals surface area contributed by atoms with E-state index in [1.54, 1.807) is 48.3 Å². The molecule has 0 heterocycles. The van der Waals surface area contributed by atoms with Crippen molar-refractivity contribution in [3.8, 4) is 5.75 Å². The number of ether oxygens (including phenoxy) is 1. The second kappa shape index (κ2) is 13.3. The van der Waals surface area contributed by atoms with E-state index in [4.69, 9.17) is 16.3 Å². The molecule has 1 amide bonds. The summed E-state index contributed by atoms with van der Waals surface area (Å²) in [5.41, 5.74) is 1.19. The Balaban J connectivity index is 1.40. The molecule has 0 saturated heterocycles. The van der Waals surface area contributed by atoms with Crippen LogP contribution in [-0.4, -0.2) is 50.5 Å². The van der Waals surface area contributed by atoms with Gasteiger partial charge >= 0.3 is 0 Å². The maximum absolute atomic E-state index is 16.3. The molecule has 0 aromatic heterocycles. The number of alkyl halides is 1. The average Bonchev–Trinajstić information content (AvgIpc) is 2.96. The van der Waals surface area contributed by atoms with E-state index in [1.807, 2.05) is 12.1 Å². The van der Waals surface area contributed by atoms with Crippen molar-refractivity contribution in [2.45, 2.75) is 28.9 Å². The molecular weight excluding hydrogens is 638 g/mol. The molecule has 3 aromatic carbocycles. The molecule has 0 aliphatic heterocycles. The Morgan fingerprint density at radius 3 is 2.51 bits per heavy atom.